The van der Waals surface area contributed by atoms with Gasteiger partial charge in [-0.1, -0.05) is 33.1 Å². The number of nitrogens with zero attached hydrogens (tertiary/aromatic N) is 2. The van der Waals surface area contributed by atoms with E-state index < -0.39 is 5.97 Å². The van der Waals surface area contributed by atoms with E-state index in [9.17, 15) is 9.90 Å². The van der Waals surface area contributed by atoms with Gasteiger partial charge in [-0.05, 0) is 30.7 Å². The summed E-state index contributed by atoms with van der Waals surface area (Å²) in [5.41, 5.74) is 1.36. The van der Waals surface area contributed by atoms with Gasteiger partial charge in [0, 0.05) is 19.6 Å². The molecule has 0 amide bonds. The van der Waals surface area contributed by atoms with Crippen LogP contribution >= 0.6 is 11.8 Å². The standard InChI is InChI=1S/C19H32N2O3S/c1-4-6-7-8-9-21-16(20-10-12-24-13-11-20)14-15(3)17(19(22)23)18(21)25-5-2/h14,16H,4-13H2,1-3H3,(H,22,23). The van der Waals surface area contributed by atoms with E-state index in [4.69, 9.17) is 4.74 Å². The second-order valence-electron chi connectivity index (χ2n) is 6.58. The monoisotopic (exact) mass is 368 g/mol. The van der Waals surface area contributed by atoms with Crippen LogP contribution in [0, 0.1) is 0 Å². The number of carbonyl (C=O) groups is 1. The molecule has 0 bridgehead atoms. The van der Waals surface area contributed by atoms with Crippen LogP contribution in [0.5, 0.6) is 0 Å². The number of thioether (sulfide) groups is 1. The lowest BCUT2D eigenvalue weighted by molar-refractivity contribution is -0.132. The minimum absolute atomic E-state index is 0.141. The van der Waals surface area contributed by atoms with Crippen LogP contribution in [0.3, 0.4) is 0 Å². The second-order valence-corrected chi connectivity index (χ2v) is 7.84. The van der Waals surface area contributed by atoms with Crippen LogP contribution in [0.4, 0.5) is 0 Å². The fraction of sp³-hybridized carbons (Fsp3) is 0.737. The van der Waals surface area contributed by atoms with Crippen molar-refractivity contribution in [2.45, 2.75) is 52.6 Å². The van der Waals surface area contributed by atoms with Gasteiger partial charge in [-0.2, -0.15) is 0 Å². The number of hydrogen-bond acceptors (Lipinski definition) is 5. The average molecular weight is 369 g/mol. The molecule has 2 heterocycles. The van der Waals surface area contributed by atoms with E-state index in [0.717, 1.165) is 55.6 Å². The molecule has 1 atom stereocenters. The van der Waals surface area contributed by atoms with Gasteiger partial charge in [-0.15, -0.1) is 11.8 Å². The SMILES string of the molecule is CCCCCCN1C(SCC)=C(C(=O)O)C(C)=CC1N1CCOCC1. The highest BCUT2D eigenvalue weighted by atomic mass is 32.2. The molecule has 2 rings (SSSR count). The number of ether oxygens (including phenoxy) is 1. The summed E-state index contributed by atoms with van der Waals surface area (Å²) in [7, 11) is 0. The molecule has 5 nitrogen and oxygen atoms in total. The summed E-state index contributed by atoms with van der Waals surface area (Å²) in [6, 6.07) is 0. The molecule has 1 unspecified atom stereocenters. The van der Waals surface area contributed by atoms with E-state index in [0.29, 0.717) is 5.57 Å². The summed E-state index contributed by atoms with van der Waals surface area (Å²) in [6.07, 6.45) is 7.01. The molecule has 0 saturated carbocycles. The minimum atomic E-state index is -0.816. The number of morpholine rings is 1. The van der Waals surface area contributed by atoms with Crippen molar-refractivity contribution in [1.82, 2.24) is 9.80 Å². The van der Waals surface area contributed by atoms with Gasteiger partial charge in [-0.3, -0.25) is 4.90 Å². The van der Waals surface area contributed by atoms with Gasteiger partial charge in [-0.25, -0.2) is 4.79 Å². The van der Waals surface area contributed by atoms with E-state index >= 15 is 0 Å². The topological polar surface area (TPSA) is 53.0 Å². The Hall–Kier alpha value is -0.980. The summed E-state index contributed by atoms with van der Waals surface area (Å²) in [6.45, 7) is 10.4. The Morgan fingerprint density at radius 2 is 2.00 bits per heavy atom. The molecule has 0 spiro atoms. The third kappa shape index (κ3) is 5.25. The number of carboxylic acids is 1. The highest BCUT2D eigenvalue weighted by molar-refractivity contribution is 8.03. The van der Waals surface area contributed by atoms with Gasteiger partial charge in [0.05, 0.1) is 23.8 Å². The van der Waals surface area contributed by atoms with Crippen LogP contribution in [0.25, 0.3) is 0 Å². The Morgan fingerprint density at radius 3 is 2.60 bits per heavy atom. The molecule has 6 heteroatoms. The maximum atomic E-state index is 11.9. The fourth-order valence-corrected chi connectivity index (χ4v) is 4.50. The normalized spacial score (nSPS) is 22.3. The van der Waals surface area contributed by atoms with Crippen molar-refractivity contribution in [3.8, 4) is 0 Å². The molecular formula is C19H32N2O3S. The quantitative estimate of drug-likeness (QED) is 0.628. The Morgan fingerprint density at radius 1 is 1.28 bits per heavy atom. The van der Waals surface area contributed by atoms with Crippen LogP contribution in [0.15, 0.2) is 22.3 Å². The van der Waals surface area contributed by atoms with Crippen molar-refractivity contribution in [2.75, 3.05) is 38.6 Å². The third-order valence-corrected chi connectivity index (χ3v) is 5.76. The van der Waals surface area contributed by atoms with Crippen molar-refractivity contribution >= 4 is 17.7 Å². The first-order valence-corrected chi connectivity index (χ1v) is 10.5. The molecule has 1 N–H and O–H groups in total. The van der Waals surface area contributed by atoms with Gasteiger partial charge in [0.25, 0.3) is 0 Å². The number of rotatable bonds is 9. The number of aliphatic carboxylic acids is 1. The van der Waals surface area contributed by atoms with E-state index in [1.165, 1.54) is 19.3 Å². The lowest BCUT2D eigenvalue weighted by Gasteiger charge is -2.44. The lowest BCUT2D eigenvalue weighted by Crippen LogP contribution is -2.52. The van der Waals surface area contributed by atoms with E-state index in [-0.39, 0.29) is 6.17 Å². The molecule has 0 aromatic rings. The van der Waals surface area contributed by atoms with Crippen LogP contribution in [-0.2, 0) is 9.53 Å². The van der Waals surface area contributed by atoms with Crippen molar-refractivity contribution in [2.24, 2.45) is 0 Å². The Bertz CT molecular complexity index is 513. The molecule has 2 aliphatic heterocycles. The minimum Gasteiger partial charge on any atom is -0.478 e. The first-order chi connectivity index (χ1) is 12.1. The van der Waals surface area contributed by atoms with E-state index in [1.54, 1.807) is 11.8 Å². The number of unbranched alkanes of at least 4 members (excludes halogenated alkanes) is 3. The zero-order chi connectivity index (χ0) is 18.2. The van der Waals surface area contributed by atoms with Crippen LogP contribution in [0.2, 0.25) is 0 Å². The molecule has 2 aliphatic rings. The van der Waals surface area contributed by atoms with Gasteiger partial charge >= 0.3 is 5.97 Å². The molecular weight excluding hydrogens is 336 g/mol. The average Bonchev–Trinajstić information content (AvgIpc) is 2.60. The summed E-state index contributed by atoms with van der Waals surface area (Å²) >= 11 is 1.66. The highest BCUT2D eigenvalue weighted by Crippen LogP contribution is 2.36. The zero-order valence-electron chi connectivity index (χ0n) is 15.8. The van der Waals surface area contributed by atoms with Crippen molar-refractivity contribution in [3.63, 3.8) is 0 Å². The summed E-state index contributed by atoms with van der Waals surface area (Å²) in [5.74, 6) is 0.0596. The molecule has 0 aromatic carbocycles. The van der Waals surface area contributed by atoms with Crippen molar-refractivity contribution in [3.05, 3.63) is 22.3 Å². The predicted molar refractivity (Wildman–Crippen MR) is 104 cm³/mol. The summed E-state index contributed by atoms with van der Waals surface area (Å²) in [4.78, 5) is 16.6. The largest absolute Gasteiger partial charge is 0.478 e. The smallest absolute Gasteiger partial charge is 0.338 e. The van der Waals surface area contributed by atoms with Crippen molar-refractivity contribution in [1.29, 1.82) is 0 Å². The van der Waals surface area contributed by atoms with Crippen molar-refractivity contribution < 1.29 is 14.6 Å². The van der Waals surface area contributed by atoms with Gasteiger partial charge in [0.2, 0.25) is 0 Å². The number of hydrogen-bond donors (Lipinski definition) is 1. The second kappa shape index (κ2) is 10.2. The van der Waals surface area contributed by atoms with Gasteiger partial charge in [0.15, 0.2) is 0 Å². The third-order valence-electron chi connectivity index (χ3n) is 4.75. The fourth-order valence-electron chi connectivity index (χ4n) is 3.47. The first kappa shape index (κ1) is 20.3. The van der Waals surface area contributed by atoms with E-state index in [1.807, 2.05) is 6.92 Å². The first-order valence-electron chi connectivity index (χ1n) is 9.47. The highest BCUT2D eigenvalue weighted by Gasteiger charge is 2.34. The zero-order valence-corrected chi connectivity index (χ0v) is 16.6. The molecule has 0 radical (unpaired) electrons. The Kier molecular flexibility index (Phi) is 8.33. The molecule has 142 valence electrons. The molecule has 25 heavy (non-hydrogen) atoms. The van der Waals surface area contributed by atoms with Crippen LogP contribution in [0.1, 0.15) is 46.5 Å². The predicted octanol–water partition coefficient (Wildman–Crippen LogP) is 3.54. The van der Waals surface area contributed by atoms with Gasteiger partial charge in [0.1, 0.15) is 6.17 Å². The summed E-state index contributed by atoms with van der Waals surface area (Å²) < 4.78 is 5.51. The molecule has 0 aliphatic carbocycles. The van der Waals surface area contributed by atoms with E-state index in [2.05, 4.69) is 29.7 Å². The Labute approximate surface area is 156 Å². The molecule has 1 saturated heterocycles. The summed E-state index contributed by atoms with van der Waals surface area (Å²) in [5, 5.41) is 10.7. The maximum Gasteiger partial charge on any atom is 0.338 e. The van der Waals surface area contributed by atoms with Crippen LogP contribution < -0.4 is 0 Å². The number of carboxylic acid groups (broad SMARTS) is 1. The maximum absolute atomic E-state index is 11.9. The molecule has 0 aromatic heterocycles. The lowest BCUT2D eigenvalue weighted by atomic mass is 10.0. The van der Waals surface area contributed by atoms with Crippen LogP contribution in [-0.4, -0.2) is 65.6 Å². The Balaban J connectivity index is 2.28. The van der Waals surface area contributed by atoms with Gasteiger partial charge < -0.3 is 14.7 Å². The molecule has 1 fully saturated rings.